The first kappa shape index (κ1) is 17.9. The summed E-state index contributed by atoms with van der Waals surface area (Å²) in [6.07, 6.45) is 3.65. The summed E-state index contributed by atoms with van der Waals surface area (Å²) in [5, 5.41) is 3.34. The Balaban J connectivity index is 4.62. The van der Waals surface area contributed by atoms with Gasteiger partial charge in [-0.1, -0.05) is 27.7 Å². The lowest BCUT2D eigenvalue weighted by Gasteiger charge is -2.39. The quantitative estimate of drug-likeness (QED) is 0.617. The highest BCUT2D eigenvalue weighted by molar-refractivity contribution is 4.82. The molecule has 3 heteroatoms. The van der Waals surface area contributed by atoms with Crippen molar-refractivity contribution in [2.45, 2.75) is 53.0 Å². The fraction of sp³-hybridized carbons (Fsp3) is 1.00. The van der Waals surface area contributed by atoms with Crippen LogP contribution in [0.15, 0.2) is 0 Å². The van der Waals surface area contributed by atoms with Crippen molar-refractivity contribution in [3.63, 3.8) is 0 Å². The standard InChI is InChI=1S/C15H34N2O/c1-7-14(8-2)17(10-11-18-6)13-15(4,9-3)12-16-5/h14,16H,7-13H2,1-6H3. The number of methoxy groups -OCH3 is 1. The van der Waals surface area contributed by atoms with Crippen molar-refractivity contribution in [2.24, 2.45) is 5.41 Å². The summed E-state index contributed by atoms with van der Waals surface area (Å²) in [4.78, 5) is 2.62. The zero-order chi connectivity index (χ0) is 14.0. The molecule has 0 amide bonds. The smallest absolute Gasteiger partial charge is 0.0589 e. The average molecular weight is 258 g/mol. The molecule has 3 nitrogen and oxygen atoms in total. The third-order valence-corrected chi connectivity index (χ3v) is 4.08. The van der Waals surface area contributed by atoms with E-state index in [0.717, 1.165) is 26.2 Å². The van der Waals surface area contributed by atoms with Gasteiger partial charge in [-0.3, -0.25) is 4.90 Å². The Kier molecular flexibility index (Phi) is 9.70. The molecular weight excluding hydrogens is 224 g/mol. The van der Waals surface area contributed by atoms with Crippen molar-refractivity contribution in [1.29, 1.82) is 0 Å². The number of nitrogens with zero attached hydrogens (tertiary/aromatic N) is 1. The van der Waals surface area contributed by atoms with Gasteiger partial charge in [-0.05, 0) is 31.7 Å². The second kappa shape index (κ2) is 9.76. The highest BCUT2D eigenvalue weighted by atomic mass is 16.5. The van der Waals surface area contributed by atoms with Gasteiger partial charge >= 0.3 is 0 Å². The lowest BCUT2D eigenvalue weighted by molar-refractivity contribution is 0.0746. The second-order valence-corrected chi connectivity index (χ2v) is 5.63. The van der Waals surface area contributed by atoms with Crippen LogP contribution in [0.2, 0.25) is 0 Å². The predicted octanol–water partition coefficient (Wildman–Crippen LogP) is 2.76. The van der Waals surface area contributed by atoms with Crippen LogP contribution in [-0.2, 0) is 4.74 Å². The topological polar surface area (TPSA) is 24.5 Å². The predicted molar refractivity (Wildman–Crippen MR) is 80.1 cm³/mol. The lowest BCUT2D eigenvalue weighted by atomic mass is 9.86. The summed E-state index contributed by atoms with van der Waals surface area (Å²) in [7, 11) is 3.84. The molecule has 1 atom stereocenters. The molecule has 110 valence electrons. The molecule has 0 aromatic carbocycles. The van der Waals surface area contributed by atoms with Gasteiger partial charge in [-0.15, -0.1) is 0 Å². The summed E-state index contributed by atoms with van der Waals surface area (Å²) in [5.41, 5.74) is 0.352. The van der Waals surface area contributed by atoms with Gasteiger partial charge in [0.05, 0.1) is 6.61 Å². The van der Waals surface area contributed by atoms with Crippen LogP contribution in [0.1, 0.15) is 47.0 Å². The number of hydrogen-bond acceptors (Lipinski definition) is 3. The van der Waals surface area contributed by atoms with Gasteiger partial charge in [-0.2, -0.15) is 0 Å². The molecule has 0 aliphatic carbocycles. The fourth-order valence-corrected chi connectivity index (χ4v) is 2.61. The van der Waals surface area contributed by atoms with E-state index in [1.807, 2.05) is 7.05 Å². The Hall–Kier alpha value is -0.120. The third-order valence-electron chi connectivity index (χ3n) is 4.08. The number of rotatable bonds is 11. The molecule has 18 heavy (non-hydrogen) atoms. The Morgan fingerprint density at radius 2 is 1.83 bits per heavy atom. The lowest BCUT2D eigenvalue weighted by Crippen LogP contribution is -2.46. The van der Waals surface area contributed by atoms with Gasteiger partial charge in [-0.25, -0.2) is 0 Å². The summed E-state index contributed by atoms with van der Waals surface area (Å²) < 4.78 is 5.26. The molecule has 0 aromatic rings. The molecule has 0 fully saturated rings. The van der Waals surface area contributed by atoms with Gasteiger partial charge in [0.2, 0.25) is 0 Å². The second-order valence-electron chi connectivity index (χ2n) is 5.63. The first-order valence-corrected chi connectivity index (χ1v) is 7.44. The van der Waals surface area contributed by atoms with Crippen molar-refractivity contribution in [2.75, 3.05) is 40.4 Å². The Morgan fingerprint density at radius 3 is 2.22 bits per heavy atom. The van der Waals surface area contributed by atoms with Crippen LogP contribution in [0.25, 0.3) is 0 Å². The van der Waals surface area contributed by atoms with E-state index < -0.39 is 0 Å². The minimum absolute atomic E-state index is 0.352. The zero-order valence-electron chi connectivity index (χ0n) is 13.4. The van der Waals surface area contributed by atoms with Crippen LogP contribution in [0, 0.1) is 5.41 Å². The van der Waals surface area contributed by atoms with Crippen LogP contribution < -0.4 is 5.32 Å². The molecule has 0 radical (unpaired) electrons. The van der Waals surface area contributed by atoms with Gasteiger partial charge in [0.1, 0.15) is 0 Å². The molecule has 0 heterocycles. The van der Waals surface area contributed by atoms with Crippen molar-refractivity contribution < 1.29 is 4.74 Å². The Morgan fingerprint density at radius 1 is 1.22 bits per heavy atom. The van der Waals surface area contributed by atoms with Gasteiger partial charge in [0.15, 0.2) is 0 Å². The average Bonchev–Trinajstić information content (AvgIpc) is 2.37. The van der Waals surface area contributed by atoms with Crippen LogP contribution >= 0.6 is 0 Å². The molecule has 1 unspecified atom stereocenters. The van der Waals surface area contributed by atoms with E-state index in [1.165, 1.54) is 19.3 Å². The number of hydrogen-bond donors (Lipinski definition) is 1. The number of ether oxygens (including phenoxy) is 1. The molecule has 0 bridgehead atoms. The summed E-state index contributed by atoms with van der Waals surface area (Å²) in [6.45, 7) is 13.3. The highest BCUT2D eigenvalue weighted by Gasteiger charge is 2.27. The first-order valence-electron chi connectivity index (χ1n) is 7.44. The first-order chi connectivity index (χ1) is 8.56. The van der Waals surface area contributed by atoms with Crippen molar-refractivity contribution in [1.82, 2.24) is 10.2 Å². The van der Waals surface area contributed by atoms with Gasteiger partial charge in [0.25, 0.3) is 0 Å². The summed E-state index contributed by atoms with van der Waals surface area (Å²) >= 11 is 0. The minimum Gasteiger partial charge on any atom is -0.383 e. The molecular formula is C15H34N2O. The minimum atomic E-state index is 0.352. The molecule has 0 aliphatic rings. The SMILES string of the molecule is CCC(CC)N(CCOC)CC(C)(CC)CNC. The molecule has 0 saturated carbocycles. The van der Waals surface area contributed by atoms with Crippen molar-refractivity contribution >= 4 is 0 Å². The van der Waals surface area contributed by atoms with Gasteiger partial charge < -0.3 is 10.1 Å². The maximum atomic E-state index is 5.26. The van der Waals surface area contributed by atoms with E-state index in [-0.39, 0.29) is 0 Å². The van der Waals surface area contributed by atoms with Crippen molar-refractivity contribution in [3.8, 4) is 0 Å². The molecule has 0 spiro atoms. The molecule has 0 saturated heterocycles. The van der Waals surface area contributed by atoms with Crippen molar-refractivity contribution in [3.05, 3.63) is 0 Å². The van der Waals surface area contributed by atoms with Crippen LogP contribution in [0.3, 0.4) is 0 Å². The molecule has 0 aliphatic heterocycles. The van der Waals surface area contributed by atoms with Gasteiger partial charge in [0, 0.05) is 32.8 Å². The maximum Gasteiger partial charge on any atom is 0.0589 e. The van der Waals surface area contributed by atoms with Crippen LogP contribution in [-0.4, -0.2) is 51.3 Å². The van der Waals surface area contributed by atoms with E-state index in [1.54, 1.807) is 7.11 Å². The normalized spacial score (nSPS) is 15.3. The molecule has 0 rings (SSSR count). The summed E-state index contributed by atoms with van der Waals surface area (Å²) in [5.74, 6) is 0. The largest absolute Gasteiger partial charge is 0.383 e. The van der Waals surface area contributed by atoms with E-state index in [4.69, 9.17) is 4.74 Å². The van der Waals surface area contributed by atoms with Crippen LogP contribution in [0.4, 0.5) is 0 Å². The summed E-state index contributed by atoms with van der Waals surface area (Å²) in [6, 6.07) is 0.683. The fourth-order valence-electron chi connectivity index (χ4n) is 2.61. The number of nitrogens with one attached hydrogen (secondary N) is 1. The third kappa shape index (κ3) is 6.17. The molecule has 0 aromatic heterocycles. The van der Waals surface area contributed by atoms with E-state index in [0.29, 0.717) is 11.5 Å². The van der Waals surface area contributed by atoms with Crippen LogP contribution in [0.5, 0.6) is 0 Å². The Bertz CT molecular complexity index is 195. The zero-order valence-corrected chi connectivity index (χ0v) is 13.4. The highest BCUT2D eigenvalue weighted by Crippen LogP contribution is 2.24. The molecule has 1 N–H and O–H groups in total. The maximum absolute atomic E-state index is 5.26. The van der Waals surface area contributed by atoms with E-state index in [9.17, 15) is 0 Å². The van der Waals surface area contributed by atoms with E-state index >= 15 is 0 Å². The Labute approximate surface area is 114 Å². The van der Waals surface area contributed by atoms with E-state index in [2.05, 4.69) is 37.9 Å². The monoisotopic (exact) mass is 258 g/mol.